The minimum Gasteiger partial charge on any atom is -0.508 e. The largest absolute Gasteiger partial charge is 0.508 e. The fourth-order valence-electron chi connectivity index (χ4n) is 1.58. The van der Waals surface area contributed by atoms with Crippen molar-refractivity contribution in [2.24, 2.45) is 5.73 Å². The molecule has 14 heavy (non-hydrogen) atoms. The van der Waals surface area contributed by atoms with Gasteiger partial charge in [0.1, 0.15) is 5.75 Å². The van der Waals surface area contributed by atoms with Gasteiger partial charge in [-0.05, 0) is 49.4 Å². The first-order valence-electron chi connectivity index (χ1n) is 5.14. The number of nitrogens with two attached hydrogens (primary N) is 1. The maximum atomic E-state index is 9.38. The van der Waals surface area contributed by atoms with Gasteiger partial charge in [0.15, 0.2) is 0 Å². The van der Waals surface area contributed by atoms with E-state index in [1.165, 1.54) is 5.56 Å². The number of hydrogen-bond acceptors (Lipinski definition) is 2. The van der Waals surface area contributed by atoms with Gasteiger partial charge in [0.2, 0.25) is 0 Å². The van der Waals surface area contributed by atoms with Crippen LogP contribution in [0.3, 0.4) is 0 Å². The Bertz CT molecular complexity index is 296. The molecular formula is C12H19NO. The summed E-state index contributed by atoms with van der Waals surface area (Å²) in [5, 5.41) is 9.38. The van der Waals surface area contributed by atoms with E-state index in [1.807, 2.05) is 13.0 Å². The number of hydrogen-bond donors (Lipinski definition) is 2. The molecule has 0 saturated carbocycles. The molecule has 1 atom stereocenters. The molecule has 2 heteroatoms. The topological polar surface area (TPSA) is 46.2 Å². The van der Waals surface area contributed by atoms with E-state index in [1.54, 1.807) is 6.07 Å². The molecule has 0 saturated heterocycles. The molecule has 0 spiro atoms. The van der Waals surface area contributed by atoms with E-state index in [9.17, 15) is 5.11 Å². The van der Waals surface area contributed by atoms with Crippen molar-refractivity contribution in [2.75, 3.05) is 6.54 Å². The molecule has 0 aliphatic rings. The summed E-state index contributed by atoms with van der Waals surface area (Å²) in [7, 11) is 0. The van der Waals surface area contributed by atoms with Gasteiger partial charge in [-0.1, -0.05) is 19.1 Å². The van der Waals surface area contributed by atoms with Gasteiger partial charge in [-0.25, -0.2) is 0 Å². The lowest BCUT2D eigenvalue weighted by molar-refractivity contribution is 0.470. The fourth-order valence-corrected chi connectivity index (χ4v) is 1.58. The van der Waals surface area contributed by atoms with E-state index in [4.69, 9.17) is 5.73 Å². The van der Waals surface area contributed by atoms with Crippen LogP contribution >= 0.6 is 0 Å². The van der Waals surface area contributed by atoms with Crippen molar-refractivity contribution in [1.82, 2.24) is 0 Å². The van der Waals surface area contributed by atoms with E-state index in [-0.39, 0.29) is 0 Å². The molecule has 0 radical (unpaired) electrons. The second-order valence-corrected chi connectivity index (χ2v) is 3.88. The first-order chi connectivity index (χ1) is 6.65. The molecule has 1 rings (SSSR count). The van der Waals surface area contributed by atoms with Crippen molar-refractivity contribution in [1.29, 1.82) is 0 Å². The lowest BCUT2D eigenvalue weighted by Gasteiger charge is -2.12. The van der Waals surface area contributed by atoms with Crippen LogP contribution in [0.5, 0.6) is 5.75 Å². The summed E-state index contributed by atoms with van der Waals surface area (Å²) in [6, 6.07) is 5.81. The maximum Gasteiger partial charge on any atom is 0.118 e. The van der Waals surface area contributed by atoms with Gasteiger partial charge in [0.05, 0.1) is 0 Å². The van der Waals surface area contributed by atoms with Crippen molar-refractivity contribution >= 4 is 0 Å². The maximum absolute atomic E-state index is 9.38. The summed E-state index contributed by atoms with van der Waals surface area (Å²) in [4.78, 5) is 0. The molecule has 0 amide bonds. The number of rotatable bonds is 4. The first kappa shape index (κ1) is 11.1. The lowest BCUT2D eigenvalue weighted by Crippen LogP contribution is -2.02. The zero-order chi connectivity index (χ0) is 10.6. The van der Waals surface area contributed by atoms with E-state index < -0.39 is 0 Å². The smallest absolute Gasteiger partial charge is 0.118 e. The average molecular weight is 193 g/mol. The van der Waals surface area contributed by atoms with Crippen molar-refractivity contribution < 1.29 is 5.11 Å². The van der Waals surface area contributed by atoms with Crippen LogP contribution < -0.4 is 5.73 Å². The van der Waals surface area contributed by atoms with Crippen LogP contribution in [0.2, 0.25) is 0 Å². The molecule has 0 bridgehead atoms. The quantitative estimate of drug-likeness (QED) is 0.772. The molecule has 0 aromatic heterocycles. The van der Waals surface area contributed by atoms with Crippen molar-refractivity contribution in [2.45, 2.75) is 32.6 Å². The molecule has 1 aromatic carbocycles. The van der Waals surface area contributed by atoms with Crippen molar-refractivity contribution in [3.05, 3.63) is 29.3 Å². The van der Waals surface area contributed by atoms with Crippen LogP contribution in [0.25, 0.3) is 0 Å². The molecule has 1 aromatic rings. The minimum absolute atomic E-state index is 0.375. The fraction of sp³-hybridized carbons (Fsp3) is 0.500. The van der Waals surface area contributed by atoms with Gasteiger partial charge in [0.25, 0.3) is 0 Å². The number of benzene rings is 1. The number of phenols is 1. The van der Waals surface area contributed by atoms with Gasteiger partial charge in [-0.15, -0.1) is 0 Å². The molecule has 0 fully saturated rings. The standard InChI is InChI=1S/C12H19NO/c1-9(4-3-7-13)11-5-6-12(14)10(2)8-11/h5-6,8-9,14H,3-4,7,13H2,1-2H3. The van der Waals surface area contributed by atoms with E-state index >= 15 is 0 Å². The van der Waals surface area contributed by atoms with E-state index in [0.29, 0.717) is 11.7 Å². The van der Waals surface area contributed by atoms with Crippen LogP contribution in [0, 0.1) is 6.92 Å². The summed E-state index contributed by atoms with van der Waals surface area (Å²) >= 11 is 0. The third kappa shape index (κ3) is 2.74. The van der Waals surface area contributed by atoms with Gasteiger partial charge >= 0.3 is 0 Å². The van der Waals surface area contributed by atoms with Gasteiger partial charge in [-0.3, -0.25) is 0 Å². The molecule has 78 valence electrons. The van der Waals surface area contributed by atoms with Crippen LogP contribution in [0.1, 0.15) is 36.8 Å². The van der Waals surface area contributed by atoms with Crippen LogP contribution in [0.15, 0.2) is 18.2 Å². The Morgan fingerprint density at radius 2 is 2.14 bits per heavy atom. The molecule has 0 heterocycles. The summed E-state index contributed by atoms with van der Waals surface area (Å²) < 4.78 is 0. The predicted octanol–water partition coefficient (Wildman–Crippen LogP) is 2.54. The predicted molar refractivity (Wildman–Crippen MR) is 59.5 cm³/mol. The van der Waals surface area contributed by atoms with E-state index in [2.05, 4.69) is 13.0 Å². The van der Waals surface area contributed by atoms with Gasteiger partial charge in [0, 0.05) is 0 Å². The SMILES string of the molecule is Cc1cc(C(C)CCCN)ccc1O. The van der Waals surface area contributed by atoms with E-state index in [0.717, 1.165) is 24.9 Å². The Hall–Kier alpha value is -1.02. The Balaban J connectivity index is 2.70. The number of aryl methyl sites for hydroxylation is 1. The summed E-state index contributed by atoms with van der Waals surface area (Å²) in [6.07, 6.45) is 2.17. The monoisotopic (exact) mass is 193 g/mol. The highest BCUT2D eigenvalue weighted by Gasteiger charge is 2.06. The van der Waals surface area contributed by atoms with Gasteiger partial charge in [-0.2, -0.15) is 0 Å². The van der Waals surface area contributed by atoms with Crippen LogP contribution in [0.4, 0.5) is 0 Å². The third-order valence-corrected chi connectivity index (χ3v) is 2.63. The Kier molecular flexibility index (Phi) is 3.96. The molecule has 2 nitrogen and oxygen atoms in total. The highest BCUT2D eigenvalue weighted by atomic mass is 16.3. The Labute approximate surface area is 85.8 Å². The Morgan fingerprint density at radius 3 is 2.71 bits per heavy atom. The number of aromatic hydroxyl groups is 1. The zero-order valence-electron chi connectivity index (χ0n) is 8.96. The molecule has 3 N–H and O–H groups in total. The lowest BCUT2D eigenvalue weighted by atomic mass is 9.95. The molecule has 1 unspecified atom stereocenters. The highest BCUT2D eigenvalue weighted by Crippen LogP contribution is 2.25. The van der Waals surface area contributed by atoms with Gasteiger partial charge < -0.3 is 10.8 Å². The summed E-state index contributed by atoms with van der Waals surface area (Å²) in [5.41, 5.74) is 7.70. The summed E-state index contributed by atoms with van der Waals surface area (Å²) in [5.74, 6) is 0.901. The summed E-state index contributed by atoms with van der Waals surface area (Å²) in [6.45, 7) is 4.87. The third-order valence-electron chi connectivity index (χ3n) is 2.63. The molecule has 0 aliphatic heterocycles. The number of phenolic OH excluding ortho intramolecular Hbond substituents is 1. The first-order valence-corrected chi connectivity index (χ1v) is 5.14. The highest BCUT2D eigenvalue weighted by molar-refractivity contribution is 5.36. The Morgan fingerprint density at radius 1 is 1.43 bits per heavy atom. The normalized spacial score (nSPS) is 12.8. The average Bonchev–Trinajstić information content (AvgIpc) is 2.18. The molecule has 0 aliphatic carbocycles. The zero-order valence-corrected chi connectivity index (χ0v) is 8.96. The minimum atomic E-state index is 0.375. The second-order valence-electron chi connectivity index (χ2n) is 3.88. The van der Waals surface area contributed by atoms with Crippen molar-refractivity contribution in [3.63, 3.8) is 0 Å². The van der Waals surface area contributed by atoms with Crippen LogP contribution in [-0.2, 0) is 0 Å². The van der Waals surface area contributed by atoms with Crippen molar-refractivity contribution in [3.8, 4) is 5.75 Å². The van der Waals surface area contributed by atoms with Crippen LogP contribution in [-0.4, -0.2) is 11.7 Å². The molecular weight excluding hydrogens is 174 g/mol. The second kappa shape index (κ2) is 5.01.